The molecule has 0 fully saturated rings. The normalized spacial score (nSPS) is 13.4. The van der Waals surface area contributed by atoms with Gasteiger partial charge in [-0.05, 0) is 37.5 Å². The Hall–Kier alpha value is -1.21. The zero-order valence-corrected chi connectivity index (χ0v) is 14.5. The van der Waals surface area contributed by atoms with Crippen molar-refractivity contribution in [2.45, 2.75) is 12.5 Å². The molecule has 0 radical (unpaired) electrons. The van der Waals surface area contributed by atoms with Crippen LogP contribution in [0.15, 0.2) is 47.8 Å². The third-order valence-corrected chi connectivity index (χ3v) is 5.82. The second kappa shape index (κ2) is 7.87. The minimum atomic E-state index is -3.27. The van der Waals surface area contributed by atoms with Crippen LogP contribution in [0, 0.1) is 0 Å². The van der Waals surface area contributed by atoms with Crippen LogP contribution in [0.5, 0.6) is 0 Å². The zero-order valence-electron chi connectivity index (χ0n) is 12.9. The number of sulfonamides is 1. The Morgan fingerprint density at radius 3 is 2.45 bits per heavy atom. The minimum Gasteiger partial charge on any atom is -0.300 e. The number of nitrogens with zero attached hydrogens (tertiary/aromatic N) is 1. The second-order valence-corrected chi connectivity index (χ2v) is 8.30. The molecule has 1 N–H and O–H groups in total. The summed E-state index contributed by atoms with van der Waals surface area (Å²) in [7, 11) is 0.650. The molecule has 1 atom stereocenters. The summed E-state index contributed by atoms with van der Waals surface area (Å²) < 4.78 is 27.1. The van der Waals surface area contributed by atoms with Crippen molar-refractivity contribution in [3.05, 3.63) is 58.3 Å². The Bertz CT molecular complexity index is 653. The van der Waals surface area contributed by atoms with E-state index in [4.69, 9.17) is 0 Å². The Labute approximate surface area is 136 Å². The SMILES string of the molecule is CN(C)[C@H](CNS(=O)(=O)CCc1ccccc1)c1cccs1. The first kappa shape index (κ1) is 17.1. The van der Waals surface area contributed by atoms with Gasteiger partial charge in [-0.2, -0.15) is 0 Å². The molecule has 2 rings (SSSR count). The summed E-state index contributed by atoms with van der Waals surface area (Å²) in [6.07, 6.45) is 0.530. The highest BCUT2D eigenvalue weighted by atomic mass is 32.2. The maximum atomic E-state index is 12.2. The van der Waals surface area contributed by atoms with Crippen LogP contribution in [0.2, 0.25) is 0 Å². The molecule has 0 aliphatic rings. The molecular weight excluding hydrogens is 316 g/mol. The topological polar surface area (TPSA) is 49.4 Å². The Balaban J connectivity index is 1.91. The van der Waals surface area contributed by atoms with E-state index in [-0.39, 0.29) is 11.8 Å². The van der Waals surface area contributed by atoms with Crippen LogP contribution in [-0.2, 0) is 16.4 Å². The van der Waals surface area contributed by atoms with Gasteiger partial charge in [-0.25, -0.2) is 13.1 Å². The number of likely N-dealkylation sites (N-methyl/N-ethyl adjacent to an activating group) is 1. The van der Waals surface area contributed by atoms with Crippen LogP contribution < -0.4 is 4.72 Å². The van der Waals surface area contributed by atoms with Gasteiger partial charge in [0.25, 0.3) is 0 Å². The largest absolute Gasteiger partial charge is 0.300 e. The lowest BCUT2D eigenvalue weighted by Crippen LogP contribution is -2.35. The van der Waals surface area contributed by atoms with E-state index < -0.39 is 10.0 Å². The molecule has 0 spiro atoms. The predicted molar refractivity (Wildman–Crippen MR) is 92.7 cm³/mol. The highest BCUT2D eigenvalue weighted by Gasteiger charge is 2.18. The first-order valence-corrected chi connectivity index (χ1v) is 9.72. The fourth-order valence-electron chi connectivity index (χ4n) is 2.19. The average molecular weight is 338 g/mol. The van der Waals surface area contributed by atoms with Crippen molar-refractivity contribution < 1.29 is 8.42 Å². The van der Waals surface area contributed by atoms with E-state index in [1.165, 1.54) is 0 Å². The number of nitrogens with one attached hydrogen (secondary N) is 1. The van der Waals surface area contributed by atoms with Crippen LogP contribution in [-0.4, -0.2) is 39.7 Å². The predicted octanol–water partition coefficient (Wildman–Crippen LogP) is 2.51. The number of aryl methyl sites for hydroxylation is 1. The molecule has 6 heteroatoms. The quantitative estimate of drug-likeness (QED) is 0.804. The number of benzene rings is 1. The van der Waals surface area contributed by atoms with Crippen LogP contribution in [0.4, 0.5) is 0 Å². The molecule has 4 nitrogen and oxygen atoms in total. The standard InChI is InChI=1S/C16H22N2O2S2/c1-18(2)15(16-9-6-11-21-16)13-17-22(19,20)12-10-14-7-4-3-5-8-14/h3-9,11,15,17H,10,12-13H2,1-2H3/t15-/m1/s1. The summed E-state index contributed by atoms with van der Waals surface area (Å²) in [5.74, 6) is 0.113. The lowest BCUT2D eigenvalue weighted by molar-refractivity contribution is 0.303. The van der Waals surface area contributed by atoms with E-state index in [1.807, 2.05) is 66.8 Å². The molecule has 0 unspecified atom stereocenters. The van der Waals surface area contributed by atoms with Gasteiger partial charge in [0.2, 0.25) is 10.0 Å². The Morgan fingerprint density at radius 2 is 1.86 bits per heavy atom. The second-order valence-electron chi connectivity index (χ2n) is 5.40. The van der Waals surface area contributed by atoms with Crippen molar-refractivity contribution in [3.63, 3.8) is 0 Å². The van der Waals surface area contributed by atoms with Crippen LogP contribution in [0.1, 0.15) is 16.5 Å². The molecule has 120 valence electrons. The first-order chi connectivity index (χ1) is 10.5. The molecule has 1 aromatic heterocycles. The van der Waals surface area contributed by atoms with E-state index in [9.17, 15) is 8.42 Å². The summed E-state index contributed by atoms with van der Waals surface area (Å²) in [5, 5.41) is 2.01. The molecule has 0 amide bonds. The molecule has 0 saturated heterocycles. The first-order valence-electron chi connectivity index (χ1n) is 7.19. The van der Waals surface area contributed by atoms with Gasteiger partial charge in [0.15, 0.2) is 0 Å². The van der Waals surface area contributed by atoms with Gasteiger partial charge < -0.3 is 4.90 Å². The molecule has 0 aliphatic heterocycles. The van der Waals surface area contributed by atoms with Crippen molar-refractivity contribution in [2.75, 3.05) is 26.4 Å². The van der Waals surface area contributed by atoms with E-state index in [2.05, 4.69) is 4.72 Å². The lowest BCUT2D eigenvalue weighted by atomic mass is 10.2. The van der Waals surface area contributed by atoms with Gasteiger partial charge in [-0.1, -0.05) is 36.4 Å². The van der Waals surface area contributed by atoms with Crippen molar-refractivity contribution in [2.24, 2.45) is 0 Å². The van der Waals surface area contributed by atoms with E-state index in [0.29, 0.717) is 13.0 Å². The number of thiophene rings is 1. The van der Waals surface area contributed by atoms with E-state index in [1.54, 1.807) is 11.3 Å². The van der Waals surface area contributed by atoms with Gasteiger partial charge >= 0.3 is 0 Å². The molecular formula is C16H22N2O2S2. The van der Waals surface area contributed by atoms with Crippen molar-refractivity contribution in [3.8, 4) is 0 Å². The lowest BCUT2D eigenvalue weighted by Gasteiger charge is -2.23. The van der Waals surface area contributed by atoms with Crippen molar-refractivity contribution >= 4 is 21.4 Å². The summed E-state index contributed by atoms with van der Waals surface area (Å²) >= 11 is 1.64. The van der Waals surface area contributed by atoms with Crippen molar-refractivity contribution in [1.29, 1.82) is 0 Å². The Morgan fingerprint density at radius 1 is 1.14 bits per heavy atom. The highest BCUT2D eigenvalue weighted by Crippen LogP contribution is 2.22. The fourth-order valence-corrected chi connectivity index (χ4v) is 4.18. The molecule has 1 heterocycles. The minimum absolute atomic E-state index is 0.0616. The van der Waals surface area contributed by atoms with Gasteiger partial charge in [0.05, 0.1) is 11.8 Å². The Kier molecular flexibility index (Phi) is 6.14. The van der Waals surface area contributed by atoms with Crippen LogP contribution in [0.3, 0.4) is 0 Å². The molecule has 0 aliphatic carbocycles. The zero-order chi connectivity index (χ0) is 16.0. The van der Waals surface area contributed by atoms with Crippen LogP contribution >= 0.6 is 11.3 Å². The summed E-state index contributed by atoms with van der Waals surface area (Å²) in [6, 6.07) is 13.8. The smallest absolute Gasteiger partial charge is 0.211 e. The van der Waals surface area contributed by atoms with Gasteiger partial charge in [0.1, 0.15) is 0 Å². The van der Waals surface area contributed by atoms with Gasteiger partial charge in [-0.15, -0.1) is 11.3 Å². The van der Waals surface area contributed by atoms with E-state index in [0.717, 1.165) is 10.4 Å². The number of hydrogen-bond donors (Lipinski definition) is 1. The summed E-state index contributed by atoms with van der Waals surface area (Å²) in [5.41, 5.74) is 1.04. The number of rotatable bonds is 8. The van der Waals surface area contributed by atoms with Crippen molar-refractivity contribution in [1.82, 2.24) is 9.62 Å². The van der Waals surface area contributed by atoms with Gasteiger partial charge in [0, 0.05) is 11.4 Å². The maximum absolute atomic E-state index is 12.2. The van der Waals surface area contributed by atoms with E-state index >= 15 is 0 Å². The fraction of sp³-hybridized carbons (Fsp3) is 0.375. The van der Waals surface area contributed by atoms with Crippen LogP contribution in [0.25, 0.3) is 0 Å². The molecule has 0 saturated carbocycles. The average Bonchev–Trinajstić information content (AvgIpc) is 3.00. The summed E-state index contributed by atoms with van der Waals surface area (Å²) in [6.45, 7) is 0.393. The highest BCUT2D eigenvalue weighted by molar-refractivity contribution is 7.89. The molecule has 2 aromatic rings. The maximum Gasteiger partial charge on any atom is 0.211 e. The van der Waals surface area contributed by atoms with Gasteiger partial charge in [-0.3, -0.25) is 0 Å². The third kappa shape index (κ3) is 5.21. The monoisotopic (exact) mass is 338 g/mol. The summed E-state index contributed by atoms with van der Waals surface area (Å²) in [4.78, 5) is 3.20. The molecule has 0 bridgehead atoms. The third-order valence-electron chi connectivity index (χ3n) is 3.49. The molecule has 1 aromatic carbocycles. The molecule has 22 heavy (non-hydrogen) atoms. The number of hydrogen-bond acceptors (Lipinski definition) is 4.